The summed E-state index contributed by atoms with van der Waals surface area (Å²) < 4.78 is 11.5. The first-order valence-corrected chi connectivity index (χ1v) is 8.79. The summed E-state index contributed by atoms with van der Waals surface area (Å²) in [5, 5.41) is 0.242. The van der Waals surface area contributed by atoms with Crippen LogP contribution in [0.4, 0.5) is 5.95 Å². The molecule has 2 aromatic rings. The van der Waals surface area contributed by atoms with E-state index in [0.717, 1.165) is 0 Å². The van der Waals surface area contributed by atoms with E-state index in [1.54, 1.807) is 53.7 Å². The molecule has 0 bridgehead atoms. The molecule has 26 heavy (non-hydrogen) atoms. The molecule has 0 saturated heterocycles. The molecule has 0 atom stereocenters. The van der Waals surface area contributed by atoms with Crippen molar-refractivity contribution < 1.29 is 19.1 Å². The molecule has 0 spiro atoms. The average molecular weight is 424 g/mol. The highest BCUT2D eigenvalue weighted by Crippen LogP contribution is 2.29. The summed E-state index contributed by atoms with van der Waals surface area (Å²) >= 11 is 3.34. The maximum Gasteiger partial charge on any atom is 0.358 e. The topological polar surface area (TPSA) is 104 Å². The van der Waals surface area contributed by atoms with Gasteiger partial charge in [0.05, 0.1) is 11.1 Å². The van der Waals surface area contributed by atoms with E-state index in [0.29, 0.717) is 9.99 Å². The van der Waals surface area contributed by atoms with Crippen molar-refractivity contribution >= 4 is 44.7 Å². The molecular weight excluding hydrogens is 402 g/mol. The van der Waals surface area contributed by atoms with Gasteiger partial charge in [0, 0.05) is 9.86 Å². The Morgan fingerprint density at radius 1 is 0.962 bits per heavy atom. The van der Waals surface area contributed by atoms with E-state index in [1.807, 2.05) is 0 Å². The number of halogens is 1. The Labute approximate surface area is 160 Å². The first kappa shape index (κ1) is 20.1. The molecule has 0 aliphatic rings. The number of aromatic nitrogens is 2. The predicted octanol–water partition coefficient (Wildman–Crippen LogP) is 3.89. The normalized spacial score (nSPS) is 12.1. The number of benzene rings is 1. The van der Waals surface area contributed by atoms with Crippen molar-refractivity contribution in [2.45, 2.75) is 52.7 Å². The van der Waals surface area contributed by atoms with Gasteiger partial charge in [-0.3, -0.25) is 0 Å². The lowest BCUT2D eigenvalue weighted by Crippen LogP contribution is -2.26. The average Bonchev–Trinajstić information content (AvgIpc) is 2.41. The van der Waals surface area contributed by atoms with Gasteiger partial charge in [-0.25, -0.2) is 19.6 Å². The van der Waals surface area contributed by atoms with Crippen molar-refractivity contribution in [3.8, 4) is 0 Å². The quantitative estimate of drug-likeness (QED) is 0.730. The number of anilines is 1. The van der Waals surface area contributed by atoms with E-state index in [2.05, 4.69) is 25.9 Å². The maximum absolute atomic E-state index is 12.7. The number of esters is 2. The first-order chi connectivity index (χ1) is 11.8. The predicted molar refractivity (Wildman–Crippen MR) is 102 cm³/mol. The van der Waals surface area contributed by atoms with Crippen LogP contribution in [0.5, 0.6) is 0 Å². The molecule has 0 fully saturated rings. The smallest absolute Gasteiger partial charge is 0.358 e. The fraction of sp³-hybridized carbons (Fsp3) is 0.444. The number of ether oxygens (including phenoxy) is 2. The van der Waals surface area contributed by atoms with Crippen LogP contribution in [-0.2, 0) is 9.47 Å². The standard InChI is InChI=1S/C18H22BrN3O4/c1-17(2,3)25-14(23)10-7-9(19)8-11-12(10)13(22-16(20)21-11)15(24)26-18(4,5)6/h7-8H,1-6H3,(H2,20,21,22). The Balaban J connectivity index is 2.73. The molecule has 1 heterocycles. The number of nitrogens with zero attached hydrogens (tertiary/aromatic N) is 2. The van der Waals surface area contributed by atoms with E-state index in [1.165, 1.54) is 0 Å². The van der Waals surface area contributed by atoms with Gasteiger partial charge in [-0.15, -0.1) is 0 Å². The Bertz CT molecular complexity index is 814. The van der Waals surface area contributed by atoms with Crippen LogP contribution in [0.15, 0.2) is 16.6 Å². The molecule has 0 unspecified atom stereocenters. The number of carbonyl (C=O) groups excluding carboxylic acids is 2. The summed E-state index contributed by atoms with van der Waals surface area (Å²) in [5.74, 6) is -1.38. The number of rotatable bonds is 2. The minimum absolute atomic E-state index is 0.0733. The third-order valence-electron chi connectivity index (χ3n) is 2.99. The number of hydrogen-bond acceptors (Lipinski definition) is 7. The Morgan fingerprint density at radius 2 is 1.50 bits per heavy atom. The van der Waals surface area contributed by atoms with Crippen LogP contribution in [0.3, 0.4) is 0 Å². The fourth-order valence-corrected chi connectivity index (χ4v) is 2.66. The number of nitrogens with two attached hydrogens (primary N) is 1. The Kier molecular flexibility index (Phi) is 5.28. The van der Waals surface area contributed by atoms with Gasteiger partial charge in [-0.2, -0.15) is 0 Å². The zero-order valence-electron chi connectivity index (χ0n) is 15.6. The number of hydrogen-bond donors (Lipinski definition) is 1. The monoisotopic (exact) mass is 423 g/mol. The Morgan fingerprint density at radius 3 is 2.04 bits per heavy atom. The van der Waals surface area contributed by atoms with Crippen LogP contribution < -0.4 is 5.73 Å². The van der Waals surface area contributed by atoms with Crippen LogP contribution >= 0.6 is 15.9 Å². The summed E-state index contributed by atoms with van der Waals surface area (Å²) in [6.07, 6.45) is 0. The highest BCUT2D eigenvalue weighted by molar-refractivity contribution is 9.10. The highest BCUT2D eigenvalue weighted by Gasteiger charge is 2.27. The van der Waals surface area contributed by atoms with E-state index in [4.69, 9.17) is 15.2 Å². The van der Waals surface area contributed by atoms with E-state index in [9.17, 15) is 9.59 Å². The molecule has 140 valence electrons. The minimum Gasteiger partial charge on any atom is -0.456 e. The summed E-state index contributed by atoms with van der Waals surface area (Å²) in [4.78, 5) is 33.5. The lowest BCUT2D eigenvalue weighted by Gasteiger charge is -2.22. The van der Waals surface area contributed by atoms with Gasteiger partial charge in [0.15, 0.2) is 5.69 Å². The molecule has 0 aliphatic carbocycles. The van der Waals surface area contributed by atoms with E-state index in [-0.39, 0.29) is 22.6 Å². The van der Waals surface area contributed by atoms with Crippen molar-refractivity contribution in [2.75, 3.05) is 5.73 Å². The lowest BCUT2D eigenvalue weighted by molar-refractivity contribution is 0.00632. The van der Waals surface area contributed by atoms with Crippen molar-refractivity contribution in [1.82, 2.24) is 9.97 Å². The zero-order chi connectivity index (χ0) is 19.9. The second-order valence-electron chi connectivity index (χ2n) is 7.78. The first-order valence-electron chi connectivity index (χ1n) is 8.00. The molecule has 0 saturated carbocycles. The van der Waals surface area contributed by atoms with Gasteiger partial charge < -0.3 is 15.2 Å². The third kappa shape index (κ3) is 4.91. The molecule has 8 heteroatoms. The lowest BCUT2D eigenvalue weighted by atomic mass is 10.1. The minimum atomic E-state index is -0.732. The SMILES string of the molecule is CC(C)(C)OC(=O)c1cc(Br)cc2nc(N)nc(C(=O)OC(C)(C)C)c12. The number of nitrogen functional groups attached to an aromatic ring is 1. The molecule has 1 aromatic heterocycles. The highest BCUT2D eigenvalue weighted by atomic mass is 79.9. The van der Waals surface area contributed by atoms with Gasteiger partial charge in [0.25, 0.3) is 0 Å². The van der Waals surface area contributed by atoms with Gasteiger partial charge in [0.1, 0.15) is 11.2 Å². The van der Waals surface area contributed by atoms with E-state index < -0.39 is 23.1 Å². The molecular formula is C18H22BrN3O4. The maximum atomic E-state index is 12.7. The largest absolute Gasteiger partial charge is 0.456 e. The van der Waals surface area contributed by atoms with Crippen LogP contribution in [0, 0.1) is 0 Å². The van der Waals surface area contributed by atoms with Crippen molar-refractivity contribution in [3.63, 3.8) is 0 Å². The van der Waals surface area contributed by atoms with Gasteiger partial charge in [0.2, 0.25) is 5.95 Å². The fourth-order valence-electron chi connectivity index (χ4n) is 2.22. The zero-order valence-corrected chi connectivity index (χ0v) is 17.2. The van der Waals surface area contributed by atoms with Crippen molar-refractivity contribution in [2.24, 2.45) is 0 Å². The second-order valence-corrected chi connectivity index (χ2v) is 8.70. The summed E-state index contributed by atoms with van der Waals surface area (Å²) in [5.41, 5.74) is 4.73. The Hall–Kier alpha value is -2.22. The molecule has 2 rings (SSSR count). The summed E-state index contributed by atoms with van der Waals surface area (Å²) in [7, 11) is 0. The molecule has 1 aromatic carbocycles. The molecule has 2 N–H and O–H groups in total. The molecule has 0 amide bonds. The third-order valence-corrected chi connectivity index (χ3v) is 3.45. The van der Waals surface area contributed by atoms with Gasteiger partial charge >= 0.3 is 11.9 Å². The van der Waals surface area contributed by atoms with Crippen LogP contribution in [0.2, 0.25) is 0 Å². The molecule has 0 radical (unpaired) electrons. The van der Waals surface area contributed by atoms with E-state index >= 15 is 0 Å². The molecule has 0 aliphatic heterocycles. The summed E-state index contributed by atoms with van der Waals surface area (Å²) in [6, 6.07) is 3.21. The van der Waals surface area contributed by atoms with Crippen molar-refractivity contribution in [3.05, 3.63) is 27.9 Å². The second kappa shape index (κ2) is 6.83. The van der Waals surface area contributed by atoms with Gasteiger partial charge in [-0.1, -0.05) is 15.9 Å². The van der Waals surface area contributed by atoms with Crippen LogP contribution in [0.1, 0.15) is 62.4 Å². The summed E-state index contributed by atoms with van der Waals surface area (Å²) in [6.45, 7) is 10.5. The van der Waals surface area contributed by atoms with Crippen LogP contribution in [0.25, 0.3) is 10.9 Å². The van der Waals surface area contributed by atoms with Crippen molar-refractivity contribution in [1.29, 1.82) is 0 Å². The number of carbonyl (C=O) groups is 2. The molecule has 7 nitrogen and oxygen atoms in total. The van der Waals surface area contributed by atoms with Crippen LogP contribution in [-0.4, -0.2) is 33.1 Å². The van der Waals surface area contributed by atoms with Gasteiger partial charge in [-0.05, 0) is 53.7 Å². The number of fused-ring (bicyclic) bond motifs is 1.